The molecule has 3 heterocycles. The number of hydrogen-bond donors (Lipinski definition) is 1. The average molecular weight is 449 g/mol. The van der Waals surface area contributed by atoms with Crippen LogP contribution in [0.4, 0.5) is 17.3 Å². The first kappa shape index (κ1) is 22.1. The number of ether oxygens (including phenoxy) is 1. The van der Waals surface area contributed by atoms with E-state index in [4.69, 9.17) is 4.74 Å². The Morgan fingerprint density at radius 3 is 2.76 bits per heavy atom. The van der Waals surface area contributed by atoms with Crippen LogP contribution in [0.2, 0.25) is 0 Å². The number of carbonyl (C=O) groups is 1. The molecule has 0 saturated heterocycles. The molecule has 0 atom stereocenters. The molecule has 0 spiro atoms. The zero-order chi connectivity index (χ0) is 23.5. The van der Waals surface area contributed by atoms with Crippen LogP contribution in [0.1, 0.15) is 27.9 Å². The summed E-state index contributed by atoms with van der Waals surface area (Å²) in [5.74, 6) is 1.11. The van der Waals surface area contributed by atoms with Gasteiger partial charge in [0, 0.05) is 37.1 Å². The molecule has 1 aromatic carbocycles. The third-order valence-electron chi connectivity index (χ3n) is 5.42. The molecule has 4 rings (SSSR count). The zero-order valence-corrected chi connectivity index (χ0v) is 18.5. The first-order valence-corrected chi connectivity index (χ1v) is 10.2. The molecule has 33 heavy (non-hydrogen) atoms. The van der Waals surface area contributed by atoms with Crippen LogP contribution in [0.25, 0.3) is 11.4 Å². The van der Waals surface area contributed by atoms with Crippen molar-refractivity contribution < 1.29 is 14.5 Å². The lowest BCUT2D eigenvalue weighted by molar-refractivity contribution is -0.385. The van der Waals surface area contributed by atoms with Crippen molar-refractivity contribution in [1.82, 2.24) is 24.6 Å². The van der Waals surface area contributed by atoms with Crippen molar-refractivity contribution in [3.63, 3.8) is 0 Å². The first-order chi connectivity index (χ1) is 15.9. The minimum absolute atomic E-state index is 0.0239. The van der Waals surface area contributed by atoms with Crippen molar-refractivity contribution in [2.45, 2.75) is 13.3 Å². The molecule has 0 saturated carbocycles. The monoisotopic (exact) mass is 449 g/mol. The van der Waals surface area contributed by atoms with Crippen LogP contribution >= 0.6 is 0 Å². The molecule has 2 aromatic heterocycles. The van der Waals surface area contributed by atoms with E-state index in [1.807, 2.05) is 20.0 Å². The number of aldehydes is 1. The fraction of sp³-hybridized carbons (Fsp3) is 0.273. The van der Waals surface area contributed by atoms with E-state index in [1.165, 1.54) is 24.1 Å². The number of aryl methyl sites for hydroxylation is 1. The summed E-state index contributed by atoms with van der Waals surface area (Å²) in [4.78, 5) is 33.4. The lowest BCUT2D eigenvalue weighted by Crippen LogP contribution is -2.23. The van der Waals surface area contributed by atoms with E-state index < -0.39 is 4.92 Å². The van der Waals surface area contributed by atoms with Gasteiger partial charge in [-0.3, -0.25) is 14.9 Å². The fourth-order valence-electron chi connectivity index (χ4n) is 3.62. The van der Waals surface area contributed by atoms with Crippen LogP contribution < -0.4 is 10.1 Å². The number of rotatable bonds is 7. The number of anilines is 2. The predicted molar refractivity (Wildman–Crippen MR) is 122 cm³/mol. The second-order valence-corrected chi connectivity index (χ2v) is 7.73. The summed E-state index contributed by atoms with van der Waals surface area (Å²) >= 11 is 0. The summed E-state index contributed by atoms with van der Waals surface area (Å²) in [6.45, 7) is 3.37. The van der Waals surface area contributed by atoms with Gasteiger partial charge in [-0.05, 0) is 32.0 Å². The van der Waals surface area contributed by atoms with E-state index in [2.05, 4.69) is 25.3 Å². The lowest BCUT2D eigenvalue weighted by Gasteiger charge is -2.22. The van der Waals surface area contributed by atoms with Gasteiger partial charge in [0.05, 0.1) is 35.0 Å². The zero-order valence-electron chi connectivity index (χ0n) is 18.5. The van der Waals surface area contributed by atoms with Crippen LogP contribution in [-0.2, 0) is 0 Å². The topological polar surface area (TPSA) is 128 Å². The SMILES string of the molecule is COc1cc(C2=CCN(C)CC2)c([N+](=O)[O-])cc1Nc1ncc(C)c(-n2cc(C=O)cn2)n1. The second-order valence-electron chi connectivity index (χ2n) is 7.73. The number of likely N-dealkylation sites (N-methyl/N-ethyl adjacent to an activating group) is 1. The Hall–Kier alpha value is -4.12. The molecule has 0 fully saturated rings. The Bertz CT molecular complexity index is 1250. The van der Waals surface area contributed by atoms with Crippen LogP contribution in [0.15, 0.2) is 36.8 Å². The number of nitrogens with one attached hydrogen (secondary N) is 1. The summed E-state index contributed by atoms with van der Waals surface area (Å²) in [5, 5.41) is 19.0. The van der Waals surface area contributed by atoms with E-state index in [0.717, 1.165) is 24.2 Å². The van der Waals surface area contributed by atoms with Crippen LogP contribution in [0.5, 0.6) is 5.75 Å². The minimum atomic E-state index is -0.398. The van der Waals surface area contributed by atoms with Gasteiger partial charge in [0.2, 0.25) is 5.95 Å². The molecule has 0 bridgehead atoms. The molecule has 1 aliphatic rings. The van der Waals surface area contributed by atoms with Crippen LogP contribution in [0.3, 0.4) is 0 Å². The largest absolute Gasteiger partial charge is 0.495 e. The summed E-state index contributed by atoms with van der Waals surface area (Å²) < 4.78 is 7.00. The predicted octanol–water partition coefficient (Wildman–Crippen LogP) is 3.16. The molecule has 0 unspecified atom stereocenters. The molecule has 170 valence electrons. The van der Waals surface area contributed by atoms with Crippen LogP contribution in [0, 0.1) is 17.0 Å². The van der Waals surface area contributed by atoms with Gasteiger partial charge in [-0.25, -0.2) is 9.67 Å². The van der Waals surface area contributed by atoms with E-state index in [0.29, 0.717) is 41.1 Å². The number of nitro groups is 1. The average Bonchev–Trinajstić information content (AvgIpc) is 3.29. The van der Waals surface area contributed by atoms with Crippen LogP contribution in [-0.4, -0.2) is 63.1 Å². The smallest absolute Gasteiger partial charge is 0.279 e. The number of benzene rings is 1. The van der Waals surface area contributed by atoms with Crippen molar-refractivity contribution >= 4 is 29.2 Å². The van der Waals surface area contributed by atoms with Gasteiger partial charge in [-0.2, -0.15) is 10.1 Å². The molecule has 1 aliphatic heterocycles. The van der Waals surface area contributed by atoms with Gasteiger partial charge in [0.1, 0.15) is 5.75 Å². The highest BCUT2D eigenvalue weighted by Crippen LogP contribution is 2.39. The van der Waals surface area contributed by atoms with Gasteiger partial charge in [-0.1, -0.05) is 6.08 Å². The highest BCUT2D eigenvalue weighted by Gasteiger charge is 2.23. The maximum Gasteiger partial charge on any atom is 0.279 e. The molecular weight excluding hydrogens is 426 g/mol. The van der Waals surface area contributed by atoms with Gasteiger partial charge in [0.15, 0.2) is 12.1 Å². The van der Waals surface area contributed by atoms with E-state index >= 15 is 0 Å². The Morgan fingerprint density at radius 2 is 2.12 bits per heavy atom. The first-order valence-electron chi connectivity index (χ1n) is 10.2. The molecule has 3 aromatic rings. The highest BCUT2D eigenvalue weighted by molar-refractivity contribution is 5.80. The Morgan fingerprint density at radius 1 is 1.30 bits per heavy atom. The molecule has 1 N–H and O–H groups in total. The fourth-order valence-corrected chi connectivity index (χ4v) is 3.62. The molecule has 11 heteroatoms. The van der Waals surface area contributed by atoms with Gasteiger partial charge in [-0.15, -0.1) is 0 Å². The standard InChI is InChI=1S/C22H23N7O4/c1-14-10-23-22(26-21(14)28-12-15(13-30)11-24-28)25-18-9-19(29(31)32)17(8-20(18)33-3)16-4-6-27(2)7-5-16/h4,8-13H,5-7H2,1-3H3,(H,23,25,26). The van der Waals surface area contributed by atoms with E-state index in [1.54, 1.807) is 18.5 Å². The third kappa shape index (κ3) is 4.58. The summed E-state index contributed by atoms with van der Waals surface area (Å²) in [7, 11) is 3.51. The molecule has 0 radical (unpaired) electrons. The number of hydrogen-bond acceptors (Lipinski definition) is 9. The van der Waals surface area contributed by atoms with Crippen molar-refractivity contribution in [2.75, 3.05) is 32.6 Å². The lowest BCUT2D eigenvalue weighted by atomic mass is 9.97. The van der Waals surface area contributed by atoms with E-state index in [-0.39, 0.29) is 11.6 Å². The highest BCUT2D eigenvalue weighted by atomic mass is 16.6. The van der Waals surface area contributed by atoms with Gasteiger partial charge >= 0.3 is 0 Å². The third-order valence-corrected chi connectivity index (χ3v) is 5.42. The van der Waals surface area contributed by atoms with Crippen molar-refractivity contribution in [1.29, 1.82) is 0 Å². The summed E-state index contributed by atoms with van der Waals surface area (Å²) in [6.07, 6.45) is 8.01. The Balaban J connectivity index is 1.72. The minimum Gasteiger partial charge on any atom is -0.495 e. The number of aromatic nitrogens is 4. The molecular formula is C22H23N7O4. The van der Waals surface area contributed by atoms with Crippen molar-refractivity contribution in [3.05, 3.63) is 63.6 Å². The number of nitrogens with zero attached hydrogens (tertiary/aromatic N) is 6. The molecule has 0 amide bonds. The quantitative estimate of drug-likeness (QED) is 0.328. The number of methoxy groups -OCH3 is 1. The number of nitro benzene ring substituents is 1. The number of carbonyl (C=O) groups excluding carboxylic acids is 1. The second kappa shape index (κ2) is 9.17. The normalized spacial score (nSPS) is 14.0. The van der Waals surface area contributed by atoms with E-state index in [9.17, 15) is 14.9 Å². The van der Waals surface area contributed by atoms with Gasteiger partial charge < -0.3 is 15.0 Å². The van der Waals surface area contributed by atoms with Crippen molar-refractivity contribution in [2.24, 2.45) is 0 Å². The Kier molecular flexibility index (Phi) is 6.13. The summed E-state index contributed by atoms with van der Waals surface area (Å²) in [5.41, 5.74) is 2.96. The maximum absolute atomic E-state index is 11.9. The van der Waals surface area contributed by atoms with Crippen molar-refractivity contribution in [3.8, 4) is 11.6 Å². The van der Waals surface area contributed by atoms with Gasteiger partial charge in [0.25, 0.3) is 5.69 Å². The molecule has 11 nitrogen and oxygen atoms in total. The summed E-state index contributed by atoms with van der Waals surface area (Å²) in [6, 6.07) is 3.12. The maximum atomic E-state index is 11.9. The molecule has 0 aliphatic carbocycles. The Labute approximate surface area is 189 Å².